The minimum atomic E-state index is -1.45. The molecule has 19 heavy (non-hydrogen) atoms. The zero-order valence-electron chi connectivity index (χ0n) is 11.7. The maximum Gasteiger partial charge on any atom is 0.205 e. The van der Waals surface area contributed by atoms with Crippen LogP contribution >= 0.6 is 11.6 Å². The number of carbonyl (C=O) groups excluding carboxylic acids is 1. The third-order valence-corrected chi connectivity index (χ3v) is 3.54. The van der Waals surface area contributed by atoms with Crippen LogP contribution in [0.15, 0.2) is 30.3 Å². The summed E-state index contributed by atoms with van der Waals surface area (Å²) >= 11 is 6.03. The first kappa shape index (κ1) is 15.8. The summed E-state index contributed by atoms with van der Waals surface area (Å²) in [6.45, 7) is 6.39. The van der Waals surface area contributed by atoms with Crippen molar-refractivity contribution in [3.05, 3.63) is 40.9 Å². The molecule has 0 spiro atoms. The number of hydrogen-bond donors (Lipinski definition) is 0. The van der Waals surface area contributed by atoms with E-state index in [9.17, 15) is 4.79 Å². The van der Waals surface area contributed by atoms with Gasteiger partial charge >= 0.3 is 0 Å². The second-order valence-electron chi connectivity index (χ2n) is 5.39. The van der Waals surface area contributed by atoms with Crippen LogP contribution in [0.1, 0.15) is 18.4 Å². The number of ketones is 1. The molecule has 1 aromatic rings. The maximum atomic E-state index is 11.6. The van der Waals surface area contributed by atoms with Gasteiger partial charge in [0, 0.05) is 11.4 Å². The molecule has 3 heteroatoms. The summed E-state index contributed by atoms with van der Waals surface area (Å²) in [6.07, 6.45) is 5.08. The molecule has 0 bridgehead atoms. The number of rotatable bonds is 4. The topological polar surface area (TPSA) is 17.1 Å². The first-order valence-electron chi connectivity index (χ1n) is 6.35. The summed E-state index contributed by atoms with van der Waals surface area (Å²) in [5.74, 6) is 2.77. The Balaban J connectivity index is 2.44. The van der Waals surface area contributed by atoms with E-state index >= 15 is 0 Å². The number of halogens is 1. The van der Waals surface area contributed by atoms with Gasteiger partial charge in [0.1, 0.15) is 8.07 Å². The lowest BCUT2D eigenvalue weighted by atomic mass is 10.1. The molecule has 0 aliphatic rings. The summed E-state index contributed by atoms with van der Waals surface area (Å²) in [7, 11) is -1.45. The molecule has 0 saturated heterocycles. The normalized spacial score (nSPS) is 11.2. The lowest BCUT2D eigenvalue weighted by Gasteiger charge is -2.02. The Kier molecular flexibility index (Phi) is 6.07. The highest BCUT2D eigenvalue weighted by Gasteiger charge is 2.08. The van der Waals surface area contributed by atoms with Gasteiger partial charge in [-0.25, -0.2) is 0 Å². The van der Waals surface area contributed by atoms with Gasteiger partial charge in [-0.05, 0) is 24.0 Å². The van der Waals surface area contributed by atoms with Gasteiger partial charge in [0.2, 0.25) is 5.78 Å². The third kappa shape index (κ3) is 7.00. The Labute approximate surface area is 121 Å². The van der Waals surface area contributed by atoms with Crippen LogP contribution in [0.4, 0.5) is 0 Å². The average Bonchev–Trinajstić information content (AvgIpc) is 2.33. The molecule has 0 heterocycles. The zero-order chi connectivity index (χ0) is 14.3. The number of hydrogen-bond acceptors (Lipinski definition) is 1. The lowest BCUT2D eigenvalue weighted by Crippen LogP contribution is -2.17. The molecular formula is C16H19ClOSi. The van der Waals surface area contributed by atoms with E-state index in [1.807, 2.05) is 36.4 Å². The van der Waals surface area contributed by atoms with Crippen LogP contribution in [0.3, 0.4) is 0 Å². The highest BCUT2D eigenvalue weighted by Crippen LogP contribution is 2.16. The van der Waals surface area contributed by atoms with E-state index in [-0.39, 0.29) is 5.78 Å². The Hall–Kier alpha value is -1.30. The minimum absolute atomic E-state index is 0.0197. The van der Waals surface area contributed by atoms with Crippen molar-refractivity contribution in [3.63, 3.8) is 0 Å². The van der Waals surface area contributed by atoms with E-state index in [0.717, 1.165) is 10.6 Å². The van der Waals surface area contributed by atoms with Crippen molar-refractivity contribution in [3.8, 4) is 11.5 Å². The summed E-state index contributed by atoms with van der Waals surface area (Å²) in [6, 6.07) is 7.64. The Morgan fingerprint density at radius 1 is 1.32 bits per heavy atom. The van der Waals surface area contributed by atoms with Crippen LogP contribution in [-0.4, -0.2) is 13.9 Å². The maximum absolute atomic E-state index is 11.6. The molecule has 0 radical (unpaired) electrons. The predicted octanol–water partition coefficient (Wildman–Crippen LogP) is 4.58. The molecule has 0 atom stereocenters. The monoisotopic (exact) mass is 290 g/mol. The largest absolute Gasteiger partial charge is 0.285 e. The number of carbonyl (C=O) groups is 1. The Morgan fingerprint density at radius 2 is 2.00 bits per heavy atom. The van der Waals surface area contributed by atoms with E-state index in [4.69, 9.17) is 11.6 Å². The molecule has 1 rings (SSSR count). The fraction of sp³-hybridized carbons (Fsp3) is 0.312. The molecule has 0 aliphatic carbocycles. The van der Waals surface area contributed by atoms with Crippen molar-refractivity contribution in [1.29, 1.82) is 0 Å². The van der Waals surface area contributed by atoms with Gasteiger partial charge in [-0.2, -0.15) is 0 Å². The molecule has 0 N–H and O–H groups in total. The second-order valence-corrected chi connectivity index (χ2v) is 10.5. The van der Waals surface area contributed by atoms with Gasteiger partial charge < -0.3 is 0 Å². The van der Waals surface area contributed by atoms with Gasteiger partial charge in [-0.15, -0.1) is 5.54 Å². The van der Waals surface area contributed by atoms with Crippen molar-refractivity contribution in [2.24, 2.45) is 0 Å². The molecule has 0 unspecified atom stereocenters. The smallest absolute Gasteiger partial charge is 0.205 e. The molecule has 0 aliphatic heterocycles. The summed E-state index contributed by atoms with van der Waals surface area (Å²) in [5, 5.41) is 0.726. The van der Waals surface area contributed by atoms with E-state index in [1.165, 1.54) is 0 Å². The van der Waals surface area contributed by atoms with Gasteiger partial charge in [0.15, 0.2) is 0 Å². The number of benzene rings is 1. The zero-order valence-corrected chi connectivity index (χ0v) is 13.4. The van der Waals surface area contributed by atoms with Crippen LogP contribution in [0.25, 0.3) is 6.08 Å². The molecule has 0 saturated carbocycles. The minimum Gasteiger partial charge on any atom is -0.285 e. The SMILES string of the molecule is C[Si](C)(C)C#CC(=O)CCC=Cc1ccccc1Cl. The molecule has 100 valence electrons. The van der Waals surface area contributed by atoms with Gasteiger partial charge in [-0.1, -0.05) is 61.6 Å². The van der Waals surface area contributed by atoms with Crippen molar-refractivity contribution >= 4 is 31.5 Å². The van der Waals surface area contributed by atoms with Gasteiger partial charge in [0.25, 0.3) is 0 Å². The van der Waals surface area contributed by atoms with E-state index in [2.05, 4.69) is 31.1 Å². The second kappa shape index (κ2) is 7.33. The molecule has 1 nitrogen and oxygen atoms in total. The van der Waals surface area contributed by atoms with Crippen LogP contribution < -0.4 is 0 Å². The van der Waals surface area contributed by atoms with Crippen LogP contribution in [-0.2, 0) is 4.79 Å². The highest BCUT2D eigenvalue weighted by molar-refractivity contribution is 6.84. The van der Waals surface area contributed by atoms with Crippen molar-refractivity contribution < 1.29 is 4.79 Å². The quantitative estimate of drug-likeness (QED) is 0.586. The van der Waals surface area contributed by atoms with Crippen LogP contribution in [0, 0.1) is 11.5 Å². The van der Waals surface area contributed by atoms with E-state index < -0.39 is 8.07 Å². The van der Waals surface area contributed by atoms with E-state index in [1.54, 1.807) is 0 Å². The lowest BCUT2D eigenvalue weighted by molar-refractivity contribution is -0.113. The first-order chi connectivity index (χ1) is 8.88. The molecule has 0 aromatic heterocycles. The standard InChI is InChI=1S/C16H19ClOSi/c1-19(2,3)13-12-15(18)10-6-4-8-14-9-5-7-11-16(14)17/h4-5,7-9,11H,6,10H2,1-3H3. The first-order valence-corrected chi connectivity index (χ1v) is 10.2. The average molecular weight is 291 g/mol. The summed E-state index contributed by atoms with van der Waals surface area (Å²) in [4.78, 5) is 11.6. The van der Waals surface area contributed by atoms with Crippen LogP contribution in [0.2, 0.25) is 24.7 Å². The summed E-state index contributed by atoms with van der Waals surface area (Å²) < 4.78 is 0. The van der Waals surface area contributed by atoms with Crippen molar-refractivity contribution in [1.82, 2.24) is 0 Å². The van der Waals surface area contributed by atoms with Crippen LogP contribution in [0.5, 0.6) is 0 Å². The van der Waals surface area contributed by atoms with Crippen molar-refractivity contribution in [2.45, 2.75) is 32.5 Å². The highest BCUT2D eigenvalue weighted by atomic mass is 35.5. The van der Waals surface area contributed by atoms with Crippen molar-refractivity contribution in [2.75, 3.05) is 0 Å². The molecule has 0 fully saturated rings. The molecule has 1 aromatic carbocycles. The van der Waals surface area contributed by atoms with E-state index in [0.29, 0.717) is 12.8 Å². The Bertz CT molecular complexity index is 530. The fourth-order valence-electron chi connectivity index (χ4n) is 1.35. The Morgan fingerprint density at radius 3 is 2.63 bits per heavy atom. The molecular weight excluding hydrogens is 272 g/mol. The fourth-order valence-corrected chi connectivity index (χ4v) is 2.07. The number of allylic oxidation sites excluding steroid dienone is 1. The molecule has 0 amide bonds. The number of Topliss-reactive ketones (excluding diaryl/α,β-unsaturated/α-hetero) is 1. The summed E-state index contributed by atoms with van der Waals surface area (Å²) in [5.41, 5.74) is 4.06. The van der Waals surface area contributed by atoms with Gasteiger partial charge in [0.05, 0.1) is 0 Å². The predicted molar refractivity (Wildman–Crippen MR) is 85.8 cm³/mol. The third-order valence-electron chi connectivity index (χ3n) is 2.32. The van der Waals surface area contributed by atoms with Gasteiger partial charge in [-0.3, -0.25) is 4.79 Å².